The van der Waals surface area contributed by atoms with Crippen LogP contribution in [-0.2, 0) is 11.8 Å². The molecule has 0 aliphatic heterocycles. The topological polar surface area (TPSA) is 114 Å². The number of carbonyl (C=O) groups is 2. The van der Waals surface area contributed by atoms with Crippen LogP contribution in [0.3, 0.4) is 0 Å². The molecule has 0 aromatic carbocycles. The molecule has 1 amide bonds. The highest BCUT2D eigenvalue weighted by molar-refractivity contribution is 5.94. The van der Waals surface area contributed by atoms with E-state index in [-0.39, 0.29) is 11.5 Å². The van der Waals surface area contributed by atoms with E-state index in [9.17, 15) is 19.7 Å². The van der Waals surface area contributed by atoms with Crippen molar-refractivity contribution in [2.75, 3.05) is 6.54 Å². The average Bonchev–Trinajstić information content (AvgIpc) is 2.56. The monoisotopic (exact) mass is 227 g/mol. The summed E-state index contributed by atoms with van der Waals surface area (Å²) in [5.74, 6) is -2.09. The summed E-state index contributed by atoms with van der Waals surface area (Å²) in [5, 5.41) is 20.9. The van der Waals surface area contributed by atoms with Crippen molar-refractivity contribution in [2.45, 2.75) is 0 Å². The molecule has 0 aliphatic rings. The number of carboxylic acids is 1. The number of amides is 1. The number of aromatic nitrogens is 1. The zero-order chi connectivity index (χ0) is 12.3. The summed E-state index contributed by atoms with van der Waals surface area (Å²) in [7, 11) is 1.35. The van der Waals surface area contributed by atoms with Crippen LogP contribution in [0, 0.1) is 10.1 Å². The smallest absolute Gasteiger partial charge is 0.323 e. The van der Waals surface area contributed by atoms with Crippen LogP contribution in [0.15, 0.2) is 12.1 Å². The first-order valence-corrected chi connectivity index (χ1v) is 4.23. The molecule has 16 heavy (non-hydrogen) atoms. The standard InChI is InChI=1S/C8H9N3O5/c1-10-5(2-3-6(10)11(15)16)8(14)9-4-7(12)13/h2-3H,4H2,1H3,(H,9,14)(H,12,13). The summed E-state index contributed by atoms with van der Waals surface area (Å²) >= 11 is 0. The molecule has 0 aliphatic carbocycles. The van der Waals surface area contributed by atoms with E-state index in [4.69, 9.17) is 5.11 Å². The van der Waals surface area contributed by atoms with Gasteiger partial charge in [-0.25, -0.2) is 4.57 Å². The van der Waals surface area contributed by atoms with Crippen LogP contribution in [0.4, 0.5) is 5.82 Å². The second-order valence-corrected chi connectivity index (χ2v) is 2.97. The molecule has 2 N–H and O–H groups in total. The summed E-state index contributed by atoms with van der Waals surface area (Å²) in [6, 6.07) is 2.44. The molecule has 0 saturated carbocycles. The summed E-state index contributed by atoms with van der Waals surface area (Å²) < 4.78 is 1.08. The van der Waals surface area contributed by atoms with Crippen molar-refractivity contribution in [3.8, 4) is 0 Å². The van der Waals surface area contributed by atoms with Crippen LogP contribution in [0.5, 0.6) is 0 Å². The summed E-state index contributed by atoms with van der Waals surface area (Å²) in [4.78, 5) is 31.4. The summed E-state index contributed by atoms with van der Waals surface area (Å²) in [6.07, 6.45) is 0. The maximum Gasteiger partial charge on any atom is 0.323 e. The van der Waals surface area contributed by atoms with Crippen LogP contribution < -0.4 is 5.32 Å². The third kappa shape index (κ3) is 2.35. The molecule has 0 spiro atoms. The van der Waals surface area contributed by atoms with Crippen molar-refractivity contribution in [3.05, 3.63) is 27.9 Å². The molecule has 1 aromatic rings. The highest BCUT2D eigenvalue weighted by Gasteiger charge is 2.20. The number of rotatable bonds is 4. The molecule has 0 radical (unpaired) electrons. The Morgan fingerprint density at radius 1 is 1.56 bits per heavy atom. The average molecular weight is 227 g/mol. The number of aliphatic carboxylic acids is 1. The maximum atomic E-state index is 11.4. The molecule has 86 valence electrons. The second kappa shape index (κ2) is 4.43. The van der Waals surface area contributed by atoms with Gasteiger partial charge in [-0.15, -0.1) is 0 Å². The van der Waals surface area contributed by atoms with Gasteiger partial charge in [0, 0.05) is 6.07 Å². The van der Waals surface area contributed by atoms with Gasteiger partial charge in [-0.05, 0) is 11.0 Å². The summed E-state index contributed by atoms with van der Waals surface area (Å²) in [6.45, 7) is -0.530. The zero-order valence-electron chi connectivity index (χ0n) is 8.34. The van der Waals surface area contributed by atoms with Crippen LogP contribution in [0.2, 0.25) is 0 Å². The SMILES string of the molecule is Cn1c(C(=O)NCC(=O)O)ccc1[N+](=O)[O-]. The number of nitrogens with one attached hydrogen (secondary N) is 1. The second-order valence-electron chi connectivity index (χ2n) is 2.97. The minimum atomic E-state index is -1.18. The molecule has 0 bridgehead atoms. The minimum Gasteiger partial charge on any atom is -0.480 e. The van der Waals surface area contributed by atoms with Gasteiger partial charge in [0.2, 0.25) is 0 Å². The molecule has 0 saturated heterocycles. The third-order valence-electron chi connectivity index (χ3n) is 1.92. The van der Waals surface area contributed by atoms with Gasteiger partial charge < -0.3 is 20.5 Å². The quantitative estimate of drug-likeness (QED) is 0.543. The minimum absolute atomic E-state index is 0.0351. The first-order valence-electron chi connectivity index (χ1n) is 4.23. The van der Waals surface area contributed by atoms with Crippen molar-refractivity contribution in [2.24, 2.45) is 7.05 Å². The van der Waals surface area contributed by atoms with E-state index in [1.165, 1.54) is 19.2 Å². The fourth-order valence-electron chi connectivity index (χ4n) is 1.16. The van der Waals surface area contributed by atoms with Crippen molar-refractivity contribution in [1.29, 1.82) is 0 Å². The fourth-order valence-corrected chi connectivity index (χ4v) is 1.16. The van der Waals surface area contributed by atoms with Crippen molar-refractivity contribution in [1.82, 2.24) is 9.88 Å². The Balaban J connectivity index is 2.84. The molecule has 0 fully saturated rings. The lowest BCUT2D eigenvalue weighted by Gasteiger charge is -2.00. The van der Waals surface area contributed by atoms with Crippen molar-refractivity contribution in [3.63, 3.8) is 0 Å². The van der Waals surface area contributed by atoms with Gasteiger partial charge in [0.1, 0.15) is 6.54 Å². The van der Waals surface area contributed by atoms with E-state index in [2.05, 4.69) is 5.32 Å². The van der Waals surface area contributed by atoms with Gasteiger partial charge in [0.05, 0.1) is 7.05 Å². The molecular weight excluding hydrogens is 218 g/mol. The van der Waals surface area contributed by atoms with E-state index >= 15 is 0 Å². The van der Waals surface area contributed by atoms with E-state index in [0.29, 0.717) is 0 Å². The summed E-state index contributed by atoms with van der Waals surface area (Å²) in [5.41, 5.74) is 0.0351. The van der Waals surface area contributed by atoms with Gasteiger partial charge in [-0.3, -0.25) is 9.59 Å². The number of carboxylic acid groups (broad SMARTS) is 1. The molecule has 8 heteroatoms. The van der Waals surface area contributed by atoms with Crippen LogP contribution in [0.25, 0.3) is 0 Å². The molecule has 1 heterocycles. The lowest BCUT2D eigenvalue weighted by molar-refractivity contribution is -0.391. The van der Waals surface area contributed by atoms with Gasteiger partial charge >= 0.3 is 11.8 Å². The Kier molecular flexibility index (Phi) is 3.24. The largest absolute Gasteiger partial charge is 0.480 e. The van der Waals surface area contributed by atoms with Crippen LogP contribution in [-0.4, -0.2) is 33.0 Å². The molecule has 1 aromatic heterocycles. The lowest BCUT2D eigenvalue weighted by Crippen LogP contribution is -2.30. The normalized spacial score (nSPS) is 9.81. The highest BCUT2D eigenvalue weighted by Crippen LogP contribution is 2.14. The first kappa shape index (κ1) is 11.7. The number of nitrogens with zero attached hydrogens (tertiary/aromatic N) is 2. The Labute approximate surface area is 89.6 Å². The molecular formula is C8H9N3O5. The van der Waals surface area contributed by atoms with Gasteiger partial charge in [-0.2, -0.15) is 0 Å². The van der Waals surface area contributed by atoms with Crippen LogP contribution in [0.1, 0.15) is 10.5 Å². The predicted octanol–water partition coefficient (Wildman–Crippen LogP) is -0.252. The van der Waals surface area contributed by atoms with Crippen molar-refractivity contribution < 1.29 is 19.6 Å². The van der Waals surface area contributed by atoms with E-state index in [1.807, 2.05) is 0 Å². The third-order valence-corrected chi connectivity index (χ3v) is 1.92. The molecule has 0 unspecified atom stereocenters. The van der Waals surface area contributed by atoms with Crippen LogP contribution >= 0.6 is 0 Å². The first-order chi connectivity index (χ1) is 7.43. The zero-order valence-corrected chi connectivity index (χ0v) is 8.34. The van der Waals surface area contributed by atoms with E-state index in [0.717, 1.165) is 4.57 Å². The highest BCUT2D eigenvalue weighted by atomic mass is 16.6. The number of hydrogen-bond donors (Lipinski definition) is 2. The van der Waals surface area contributed by atoms with Gasteiger partial charge in [0.15, 0.2) is 5.69 Å². The van der Waals surface area contributed by atoms with E-state index < -0.39 is 23.3 Å². The molecule has 1 rings (SSSR count). The lowest BCUT2D eigenvalue weighted by atomic mass is 10.4. The van der Waals surface area contributed by atoms with E-state index in [1.54, 1.807) is 0 Å². The fraction of sp³-hybridized carbons (Fsp3) is 0.250. The Morgan fingerprint density at radius 3 is 2.62 bits per heavy atom. The molecule has 0 atom stereocenters. The number of nitro groups is 1. The Hall–Kier alpha value is -2.38. The Bertz CT molecular complexity index is 451. The number of carbonyl (C=O) groups excluding carboxylic acids is 1. The molecule has 8 nitrogen and oxygen atoms in total. The Morgan fingerprint density at radius 2 is 2.19 bits per heavy atom. The van der Waals surface area contributed by atoms with Gasteiger partial charge in [-0.1, -0.05) is 0 Å². The predicted molar refractivity (Wildman–Crippen MR) is 52.0 cm³/mol. The van der Waals surface area contributed by atoms with Crippen molar-refractivity contribution >= 4 is 17.7 Å². The van der Waals surface area contributed by atoms with Gasteiger partial charge in [0.25, 0.3) is 5.91 Å². The number of hydrogen-bond acceptors (Lipinski definition) is 4. The maximum absolute atomic E-state index is 11.4.